The third kappa shape index (κ3) is 4.16. The molecule has 0 spiro atoms. The van der Waals surface area contributed by atoms with E-state index >= 15 is 0 Å². The van der Waals surface area contributed by atoms with Crippen molar-refractivity contribution in [3.05, 3.63) is 56.5 Å². The van der Waals surface area contributed by atoms with Crippen molar-refractivity contribution in [1.82, 2.24) is 5.32 Å². The van der Waals surface area contributed by atoms with Crippen molar-refractivity contribution in [3.8, 4) is 11.5 Å². The van der Waals surface area contributed by atoms with Gasteiger partial charge in [0, 0.05) is 0 Å². The number of amidine groups is 1. The lowest BCUT2D eigenvalue weighted by Crippen LogP contribution is -2.19. The van der Waals surface area contributed by atoms with E-state index in [9.17, 15) is 4.79 Å². The average molecular weight is 466 g/mol. The van der Waals surface area contributed by atoms with Crippen molar-refractivity contribution in [2.75, 3.05) is 14.2 Å². The van der Waals surface area contributed by atoms with Gasteiger partial charge < -0.3 is 14.8 Å². The van der Waals surface area contributed by atoms with Crippen LogP contribution in [-0.4, -0.2) is 25.3 Å². The van der Waals surface area contributed by atoms with E-state index in [0.717, 1.165) is 14.8 Å². The number of hydrogen-bond donors (Lipinski definition) is 1. The molecule has 2 aromatic rings. The zero-order valence-electron chi connectivity index (χ0n) is 13.6. The summed E-state index contributed by atoms with van der Waals surface area (Å²) in [5, 5.41) is 3.35. The van der Waals surface area contributed by atoms with Gasteiger partial charge in [0.05, 0.1) is 28.4 Å². The van der Waals surface area contributed by atoms with Gasteiger partial charge in [-0.2, -0.15) is 0 Å². The summed E-state index contributed by atoms with van der Waals surface area (Å²) in [7, 11) is 3.19. The summed E-state index contributed by atoms with van der Waals surface area (Å²) in [5.74, 6) is 1.15. The van der Waals surface area contributed by atoms with Crippen molar-refractivity contribution < 1.29 is 14.3 Å². The van der Waals surface area contributed by atoms with Gasteiger partial charge in [0.25, 0.3) is 5.91 Å². The second-order valence-corrected chi connectivity index (χ2v) is 7.25. The van der Waals surface area contributed by atoms with Crippen molar-refractivity contribution in [2.24, 2.45) is 4.99 Å². The summed E-state index contributed by atoms with van der Waals surface area (Å²) in [4.78, 5) is 17.2. The van der Waals surface area contributed by atoms with E-state index in [4.69, 9.17) is 9.47 Å². The van der Waals surface area contributed by atoms with E-state index in [1.54, 1.807) is 14.2 Å². The summed E-state index contributed by atoms with van der Waals surface area (Å²) in [5.41, 5.74) is 1.66. The summed E-state index contributed by atoms with van der Waals surface area (Å²) in [6, 6.07) is 13.3. The molecule has 1 heterocycles. The van der Waals surface area contributed by atoms with Gasteiger partial charge in [0.1, 0.15) is 0 Å². The Hall–Kier alpha value is -2.00. The minimum absolute atomic E-state index is 0.163. The number of nitrogens with zero attached hydrogens (tertiary/aromatic N) is 1. The first-order valence-corrected chi connectivity index (χ1v) is 9.26. The molecule has 0 atom stereocenters. The normalized spacial score (nSPS) is 17.0. The third-order valence-electron chi connectivity index (χ3n) is 3.39. The van der Waals surface area contributed by atoms with Crippen molar-refractivity contribution >= 4 is 57.2 Å². The Kier molecular flexibility index (Phi) is 5.64. The molecule has 2 aromatic carbocycles. The highest BCUT2D eigenvalue weighted by molar-refractivity contribution is 14.1. The molecule has 0 unspecified atom stereocenters. The van der Waals surface area contributed by atoms with Crippen LogP contribution in [0.1, 0.15) is 5.56 Å². The predicted octanol–water partition coefficient (Wildman–Crippen LogP) is 4.20. The molecule has 1 fully saturated rings. The van der Waals surface area contributed by atoms with Crippen LogP contribution in [0.2, 0.25) is 0 Å². The van der Waals surface area contributed by atoms with Gasteiger partial charge in [-0.25, -0.2) is 4.99 Å². The highest BCUT2D eigenvalue weighted by Gasteiger charge is 2.24. The number of rotatable bonds is 4. The molecular formula is C18H15IN2O3S. The Morgan fingerprint density at radius 2 is 1.92 bits per heavy atom. The number of thioether (sulfide) groups is 1. The first-order chi connectivity index (χ1) is 12.1. The molecule has 0 aliphatic carbocycles. The lowest BCUT2D eigenvalue weighted by Gasteiger charge is -2.10. The molecule has 1 amide bonds. The van der Waals surface area contributed by atoms with Crippen LogP contribution in [0.3, 0.4) is 0 Å². The number of halogens is 1. The maximum absolute atomic E-state index is 12.2. The van der Waals surface area contributed by atoms with Crippen LogP contribution in [0.5, 0.6) is 11.5 Å². The molecule has 0 aromatic heterocycles. The number of methoxy groups -OCH3 is 2. The van der Waals surface area contributed by atoms with Gasteiger partial charge in [-0.05, 0) is 70.3 Å². The van der Waals surface area contributed by atoms with Crippen LogP contribution in [0.4, 0.5) is 5.69 Å². The fraction of sp³-hybridized carbons (Fsp3) is 0.111. The Morgan fingerprint density at radius 1 is 1.16 bits per heavy atom. The summed E-state index contributed by atoms with van der Waals surface area (Å²) in [6.45, 7) is 0. The Bertz CT molecular complexity index is 866. The highest BCUT2D eigenvalue weighted by Crippen LogP contribution is 2.35. The standard InChI is InChI=1S/C18H15IN2O3S/c1-23-14-9-11(8-13(19)16(14)24-2)10-15-17(22)21-18(25-15)20-12-6-4-3-5-7-12/h3-10H,1-2H3,(H,20,21,22)/b15-10-. The third-order valence-corrected chi connectivity index (χ3v) is 5.10. The quantitative estimate of drug-likeness (QED) is 0.542. The van der Waals surface area contributed by atoms with E-state index in [0.29, 0.717) is 21.6 Å². The number of benzene rings is 2. The maximum atomic E-state index is 12.2. The lowest BCUT2D eigenvalue weighted by atomic mass is 10.2. The minimum atomic E-state index is -0.163. The topological polar surface area (TPSA) is 59.9 Å². The van der Waals surface area contributed by atoms with Gasteiger partial charge >= 0.3 is 0 Å². The lowest BCUT2D eigenvalue weighted by molar-refractivity contribution is -0.115. The van der Waals surface area contributed by atoms with Gasteiger partial charge in [0.2, 0.25) is 0 Å². The van der Waals surface area contributed by atoms with Gasteiger partial charge in [-0.15, -0.1) is 0 Å². The molecule has 5 nitrogen and oxygen atoms in total. The van der Waals surface area contributed by atoms with Gasteiger partial charge in [-0.3, -0.25) is 4.79 Å². The second-order valence-electron chi connectivity index (χ2n) is 5.06. The van der Waals surface area contributed by atoms with Gasteiger partial charge in [-0.1, -0.05) is 18.2 Å². The molecule has 0 radical (unpaired) electrons. The smallest absolute Gasteiger partial charge is 0.264 e. The molecule has 1 aliphatic rings. The minimum Gasteiger partial charge on any atom is -0.493 e. The highest BCUT2D eigenvalue weighted by atomic mass is 127. The summed E-state index contributed by atoms with van der Waals surface area (Å²) < 4.78 is 11.6. The van der Waals surface area contributed by atoms with E-state index in [-0.39, 0.29) is 5.91 Å². The van der Waals surface area contributed by atoms with Crippen LogP contribution in [-0.2, 0) is 4.79 Å². The van der Waals surface area contributed by atoms with Gasteiger partial charge in [0.15, 0.2) is 16.7 Å². The molecule has 0 bridgehead atoms. The number of carbonyl (C=O) groups is 1. The maximum Gasteiger partial charge on any atom is 0.264 e. The summed E-state index contributed by atoms with van der Waals surface area (Å²) >= 11 is 3.49. The number of carbonyl (C=O) groups excluding carboxylic acids is 1. The number of hydrogen-bond acceptors (Lipinski definition) is 5. The number of para-hydroxylation sites is 1. The number of aliphatic imine (C=N–C) groups is 1. The molecular weight excluding hydrogens is 451 g/mol. The second kappa shape index (κ2) is 7.92. The first kappa shape index (κ1) is 17.8. The first-order valence-electron chi connectivity index (χ1n) is 7.37. The van der Waals surface area contributed by atoms with Crippen LogP contribution in [0.15, 0.2) is 52.4 Å². The zero-order valence-corrected chi connectivity index (χ0v) is 16.6. The Labute approximate surface area is 163 Å². The van der Waals surface area contributed by atoms with E-state index in [1.807, 2.05) is 48.5 Å². The largest absolute Gasteiger partial charge is 0.493 e. The van der Waals surface area contributed by atoms with Crippen LogP contribution in [0, 0.1) is 3.57 Å². The molecule has 1 saturated heterocycles. The molecule has 1 aliphatic heterocycles. The Morgan fingerprint density at radius 3 is 2.60 bits per heavy atom. The van der Waals surface area contributed by atoms with Crippen molar-refractivity contribution in [1.29, 1.82) is 0 Å². The van der Waals surface area contributed by atoms with Crippen molar-refractivity contribution in [3.63, 3.8) is 0 Å². The average Bonchev–Trinajstić information content (AvgIpc) is 2.94. The fourth-order valence-electron chi connectivity index (χ4n) is 2.27. The van der Waals surface area contributed by atoms with E-state index in [1.165, 1.54) is 11.8 Å². The number of amides is 1. The van der Waals surface area contributed by atoms with Crippen LogP contribution >= 0.6 is 34.4 Å². The zero-order chi connectivity index (χ0) is 17.8. The SMILES string of the molecule is COc1cc(/C=C2\SC(=Nc3ccccc3)NC2=O)cc(I)c1OC. The van der Waals surface area contributed by atoms with E-state index < -0.39 is 0 Å². The van der Waals surface area contributed by atoms with Crippen LogP contribution < -0.4 is 14.8 Å². The number of nitrogens with one attached hydrogen (secondary N) is 1. The van der Waals surface area contributed by atoms with Crippen LogP contribution in [0.25, 0.3) is 6.08 Å². The predicted molar refractivity (Wildman–Crippen MR) is 110 cm³/mol. The van der Waals surface area contributed by atoms with E-state index in [2.05, 4.69) is 32.9 Å². The van der Waals surface area contributed by atoms with Crippen molar-refractivity contribution in [2.45, 2.75) is 0 Å². The number of ether oxygens (including phenoxy) is 2. The molecule has 3 rings (SSSR count). The molecule has 7 heteroatoms. The molecule has 25 heavy (non-hydrogen) atoms. The monoisotopic (exact) mass is 466 g/mol. The Balaban J connectivity index is 1.88. The summed E-state index contributed by atoms with van der Waals surface area (Å²) in [6.07, 6.45) is 1.82. The molecule has 128 valence electrons. The molecule has 1 N–H and O–H groups in total. The molecule has 0 saturated carbocycles. The fourth-order valence-corrected chi connectivity index (χ4v) is 3.96.